The third kappa shape index (κ3) is 5.08. The highest BCUT2D eigenvalue weighted by Crippen LogP contribution is 2.33. The lowest BCUT2D eigenvalue weighted by molar-refractivity contribution is -0.127. The quantitative estimate of drug-likeness (QED) is 0.680. The van der Waals surface area contributed by atoms with Crippen molar-refractivity contribution in [1.82, 2.24) is 10.6 Å². The number of carbonyl (C=O) groups excluding carboxylic acids is 1. The van der Waals surface area contributed by atoms with Crippen molar-refractivity contribution in [2.75, 3.05) is 6.26 Å². The van der Waals surface area contributed by atoms with Crippen LogP contribution in [0.2, 0.25) is 0 Å². The molecule has 8 heteroatoms. The van der Waals surface area contributed by atoms with Crippen LogP contribution in [0.15, 0.2) is 47.4 Å². The van der Waals surface area contributed by atoms with Gasteiger partial charge < -0.3 is 10.6 Å². The molecule has 0 spiro atoms. The molecule has 5 rings (SSSR count). The lowest BCUT2D eigenvalue weighted by Crippen LogP contribution is -2.59. The van der Waals surface area contributed by atoms with E-state index in [2.05, 4.69) is 16.7 Å². The van der Waals surface area contributed by atoms with Crippen LogP contribution < -0.4 is 10.6 Å². The van der Waals surface area contributed by atoms with Crippen LogP contribution in [0.3, 0.4) is 0 Å². The SMILES string of the molecule is CS(=O)(=O)c1cc(-c2ccc(C[C@@H](C#N)NC(=O)[C@H]3NC4CCC3CC4)cc2)ccc1C#N. The average Bonchev–Trinajstić information content (AvgIpc) is 2.83. The first-order valence-corrected chi connectivity index (χ1v) is 13.0. The second-order valence-corrected chi connectivity index (χ2v) is 10.9. The molecule has 2 N–H and O–H groups in total. The maximum Gasteiger partial charge on any atom is 0.238 e. The monoisotopic (exact) mass is 462 g/mol. The second kappa shape index (κ2) is 9.35. The van der Waals surface area contributed by atoms with Gasteiger partial charge in [0.2, 0.25) is 5.91 Å². The van der Waals surface area contributed by atoms with Crippen molar-refractivity contribution >= 4 is 15.7 Å². The van der Waals surface area contributed by atoms with E-state index in [1.165, 1.54) is 12.1 Å². The van der Waals surface area contributed by atoms with E-state index in [0.717, 1.165) is 43.1 Å². The minimum atomic E-state index is -3.53. The fraction of sp³-hybridized carbons (Fsp3) is 0.400. The van der Waals surface area contributed by atoms with Gasteiger partial charge in [0.1, 0.15) is 12.1 Å². The van der Waals surface area contributed by atoms with Gasteiger partial charge in [-0.1, -0.05) is 30.3 Å². The summed E-state index contributed by atoms with van der Waals surface area (Å²) in [6.45, 7) is 0. The molecule has 170 valence electrons. The molecule has 7 nitrogen and oxygen atoms in total. The highest BCUT2D eigenvalue weighted by molar-refractivity contribution is 7.90. The summed E-state index contributed by atoms with van der Waals surface area (Å²) < 4.78 is 24.1. The molecule has 0 radical (unpaired) electrons. The Morgan fingerprint density at radius 2 is 1.76 bits per heavy atom. The Morgan fingerprint density at radius 3 is 2.30 bits per heavy atom. The third-order valence-corrected chi connectivity index (χ3v) is 7.78. The number of rotatable bonds is 6. The fourth-order valence-corrected chi connectivity index (χ4v) is 5.71. The van der Waals surface area contributed by atoms with Gasteiger partial charge in [-0.3, -0.25) is 4.79 Å². The Balaban J connectivity index is 1.44. The summed E-state index contributed by atoms with van der Waals surface area (Å²) in [5.41, 5.74) is 2.49. The van der Waals surface area contributed by atoms with Crippen LogP contribution in [0.1, 0.15) is 36.8 Å². The van der Waals surface area contributed by atoms with Crippen molar-refractivity contribution < 1.29 is 13.2 Å². The zero-order valence-corrected chi connectivity index (χ0v) is 19.2. The van der Waals surface area contributed by atoms with E-state index < -0.39 is 15.9 Å². The van der Waals surface area contributed by atoms with Gasteiger partial charge in [-0.15, -0.1) is 0 Å². The van der Waals surface area contributed by atoms with Crippen LogP contribution in [-0.2, 0) is 21.1 Å². The molecule has 2 aromatic carbocycles. The number of hydrogen-bond acceptors (Lipinski definition) is 6. The number of amides is 1. The van der Waals surface area contributed by atoms with Crippen molar-refractivity contribution in [3.8, 4) is 23.3 Å². The molecular weight excluding hydrogens is 436 g/mol. The van der Waals surface area contributed by atoms with Gasteiger partial charge in [-0.25, -0.2) is 8.42 Å². The van der Waals surface area contributed by atoms with Crippen LogP contribution in [0, 0.1) is 28.6 Å². The molecule has 0 aromatic heterocycles. The minimum absolute atomic E-state index is 0.00357. The van der Waals surface area contributed by atoms with E-state index in [1.54, 1.807) is 6.07 Å². The van der Waals surface area contributed by atoms with E-state index in [1.807, 2.05) is 30.3 Å². The number of nitriles is 2. The Bertz CT molecular complexity index is 1230. The Labute approximate surface area is 194 Å². The minimum Gasteiger partial charge on any atom is -0.339 e. The van der Waals surface area contributed by atoms with E-state index in [0.29, 0.717) is 23.9 Å². The maximum atomic E-state index is 12.8. The molecule has 2 aromatic rings. The number of benzene rings is 2. The summed E-state index contributed by atoms with van der Waals surface area (Å²) in [7, 11) is -3.53. The zero-order chi connectivity index (χ0) is 23.6. The normalized spacial score (nSPS) is 22.7. The van der Waals surface area contributed by atoms with Gasteiger partial charge in [0, 0.05) is 18.7 Å². The molecule has 2 saturated heterocycles. The first-order valence-electron chi connectivity index (χ1n) is 11.1. The summed E-state index contributed by atoms with van der Waals surface area (Å²) in [6, 6.07) is 15.8. The Kier molecular flexibility index (Phi) is 6.51. The average molecular weight is 463 g/mol. The maximum absolute atomic E-state index is 12.8. The number of carbonyl (C=O) groups is 1. The molecule has 2 bridgehead atoms. The largest absolute Gasteiger partial charge is 0.339 e. The molecule has 2 aliphatic heterocycles. The predicted octanol–water partition coefficient (Wildman–Crippen LogP) is 2.71. The molecule has 2 heterocycles. The Morgan fingerprint density at radius 1 is 1.09 bits per heavy atom. The molecule has 1 saturated carbocycles. The van der Waals surface area contributed by atoms with E-state index >= 15 is 0 Å². The number of sulfone groups is 1. The van der Waals surface area contributed by atoms with Gasteiger partial charge in [-0.05, 0) is 60.4 Å². The highest BCUT2D eigenvalue weighted by atomic mass is 32.2. The number of nitrogens with one attached hydrogen (secondary N) is 2. The van der Waals surface area contributed by atoms with Crippen LogP contribution in [0.25, 0.3) is 11.1 Å². The number of fused-ring (bicyclic) bond motifs is 3. The first-order chi connectivity index (χ1) is 15.8. The topological polar surface area (TPSA) is 123 Å². The standard InChI is InChI=1S/C25H26N4O3S/c1-33(31,32)23-13-19(6-7-20(23)14-26)17-4-2-16(3-5-17)12-22(15-27)29-25(30)24-18-8-10-21(28-24)11-9-18/h2-7,13,18,21-22,24,28H,8-12H2,1H3,(H,29,30)/t18?,21?,22-,24-/m0/s1. The zero-order valence-electron chi connectivity index (χ0n) is 18.4. The van der Waals surface area contributed by atoms with Crippen molar-refractivity contribution in [2.45, 2.75) is 55.1 Å². The van der Waals surface area contributed by atoms with Crippen LogP contribution in [-0.4, -0.2) is 38.7 Å². The number of nitrogens with zero attached hydrogens (tertiary/aromatic N) is 2. The molecule has 3 fully saturated rings. The molecule has 0 unspecified atom stereocenters. The van der Waals surface area contributed by atoms with Gasteiger partial charge >= 0.3 is 0 Å². The van der Waals surface area contributed by atoms with E-state index in [4.69, 9.17) is 0 Å². The molecule has 3 aliphatic rings. The number of hydrogen-bond donors (Lipinski definition) is 2. The van der Waals surface area contributed by atoms with Crippen LogP contribution >= 0.6 is 0 Å². The van der Waals surface area contributed by atoms with Gasteiger partial charge in [0.15, 0.2) is 9.84 Å². The summed E-state index contributed by atoms with van der Waals surface area (Å²) in [4.78, 5) is 12.8. The summed E-state index contributed by atoms with van der Waals surface area (Å²) in [5, 5.41) is 25.1. The van der Waals surface area contributed by atoms with Crippen molar-refractivity contribution in [2.24, 2.45) is 5.92 Å². The highest BCUT2D eigenvalue weighted by Gasteiger charge is 2.39. The number of piperidine rings is 2. The molecule has 1 amide bonds. The molecule has 1 aliphatic carbocycles. The molecule has 33 heavy (non-hydrogen) atoms. The lowest BCUT2D eigenvalue weighted by Gasteiger charge is -2.42. The van der Waals surface area contributed by atoms with Gasteiger partial charge in [0.25, 0.3) is 0 Å². The van der Waals surface area contributed by atoms with Crippen LogP contribution in [0.4, 0.5) is 0 Å². The summed E-state index contributed by atoms with van der Waals surface area (Å²) >= 11 is 0. The predicted molar refractivity (Wildman–Crippen MR) is 124 cm³/mol. The fourth-order valence-electron chi connectivity index (χ4n) is 4.86. The third-order valence-electron chi connectivity index (χ3n) is 6.64. The first kappa shape index (κ1) is 23.0. The smallest absolute Gasteiger partial charge is 0.238 e. The Hall–Kier alpha value is -3.20. The van der Waals surface area contributed by atoms with Gasteiger partial charge in [0.05, 0.1) is 22.6 Å². The van der Waals surface area contributed by atoms with Gasteiger partial charge in [-0.2, -0.15) is 10.5 Å². The van der Waals surface area contributed by atoms with Crippen molar-refractivity contribution in [3.05, 3.63) is 53.6 Å². The van der Waals surface area contributed by atoms with Crippen LogP contribution in [0.5, 0.6) is 0 Å². The second-order valence-electron chi connectivity index (χ2n) is 8.94. The molecular formula is C25H26N4O3S. The van der Waals surface area contributed by atoms with Crippen molar-refractivity contribution in [1.29, 1.82) is 10.5 Å². The van der Waals surface area contributed by atoms with Crippen molar-refractivity contribution in [3.63, 3.8) is 0 Å². The lowest BCUT2D eigenvalue weighted by atomic mass is 9.76. The van der Waals surface area contributed by atoms with E-state index in [9.17, 15) is 23.7 Å². The summed E-state index contributed by atoms with van der Waals surface area (Å²) in [5.74, 6) is 0.247. The molecule has 2 atom stereocenters. The van der Waals surface area contributed by atoms with E-state index in [-0.39, 0.29) is 22.4 Å². The summed E-state index contributed by atoms with van der Waals surface area (Å²) in [6.07, 6.45) is 5.82.